The van der Waals surface area contributed by atoms with Crippen molar-refractivity contribution in [1.82, 2.24) is 4.57 Å². The summed E-state index contributed by atoms with van der Waals surface area (Å²) in [6.07, 6.45) is 3.01. The zero-order valence-corrected chi connectivity index (χ0v) is 9.50. The lowest BCUT2D eigenvalue weighted by Crippen LogP contribution is -2.16. The molecule has 0 amide bonds. The van der Waals surface area contributed by atoms with E-state index in [0.29, 0.717) is 0 Å². The van der Waals surface area contributed by atoms with E-state index in [2.05, 4.69) is 29.3 Å². The van der Waals surface area contributed by atoms with E-state index in [1.807, 2.05) is 42.1 Å². The van der Waals surface area contributed by atoms with E-state index in [0.717, 1.165) is 18.5 Å². The fraction of sp³-hybridized carbons (Fsp3) is 0.214. The molecule has 0 saturated heterocycles. The van der Waals surface area contributed by atoms with Crippen molar-refractivity contribution in [1.29, 1.82) is 0 Å². The van der Waals surface area contributed by atoms with E-state index in [1.165, 1.54) is 5.56 Å². The zero-order valence-electron chi connectivity index (χ0n) is 9.50. The number of nitrogens with zero attached hydrogens (tertiary/aromatic N) is 2. The van der Waals surface area contributed by atoms with Gasteiger partial charge < -0.3 is 4.57 Å². The monoisotopic (exact) mass is 212 g/mol. The molecule has 2 rings (SSSR count). The smallest absolute Gasteiger partial charge is 0.127 e. The van der Waals surface area contributed by atoms with E-state index in [4.69, 9.17) is 0 Å². The molecule has 2 heteroatoms. The average molecular weight is 212 g/mol. The minimum atomic E-state index is 0.835. The number of benzene rings is 1. The highest BCUT2D eigenvalue weighted by atomic mass is 15.0. The molecular weight excluding hydrogens is 196 g/mol. The van der Waals surface area contributed by atoms with Gasteiger partial charge in [0, 0.05) is 19.8 Å². The van der Waals surface area contributed by atoms with E-state index < -0.39 is 0 Å². The molecule has 0 fully saturated rings. The normalized spacial score (nSPS) is 11.7. The summed E-state index contributed by atoms with van der Waals surface area (Å²) >= 11 is 0. The van der Waals surface area contributed by atoms with Crippen molar-refractivity contribution >= 4 is 0 Å². The van der Waals surface area contributed by atoms with Gasteiger partial charge in [-0.2, -0.15) is 0 Å². The van der Waals surface area contributed by atoms with Gasteiger partial charge in [-0.05, 0) is 24.1 Å². The molecule has 82 valence electrons. The lowest BCUT2D eigenvalue weighted by Gasteiger charge is -1.99. The molecule has 0 spiro atoms. The van der Waals surface area contributed by atoms with Gasteiger partial charge in [-0.3, -0.25) is 4.99 Å². The van der Waals surface area contributed by atoms with Crippen LogP contribution < -0.4 is 5.49 Å². The summed E-state index contributed by atoms with van der Waals surface area (Å²) in [5.41, 5.74) is 2.36. The van der Waals surface area contributed by atoms with Crippen LogP contribution in [0.1, 0.15) is 5.56 Å². The first-order valence-electron chi connectivity index (χ1n) is 5.52. The van der Waals surface area contributed by atoms with Crippen LogP contribution >= 0.6 is 0 Å². The topological polar surface area (TPSA) is 17.3 Å². The molecule has 1 heterocycles. The maximum absolute atomic E-state index is 4.56. The van der Waals surface area contributed by atoms with Crippen molar-refractivity contribution in [3.05, 3.63) is 65.8 Å². The van der Waals surface area contributed by atoms with Crippen molar-refractivity contribution in [3.8, 4) is 0 Å². The first-order valence-corrected chi connectivity index (χ1v) is 5.52. The van der Waals surface area contributed by atoms with Crippen LogP contribution in [0.15, 0.2) is 59.7 Å². The first kappa shape index (κ1) is 10.7. The predicted octanol–water partition coefficient (Wildman–Crippen LogP) is 2.17. The average Bonchev–Trinajstić information content (AvgIpc) is 2.33. The number of hydrogen-bond donors (Lipinski definition) is 0. The van der Waals surface area contributed by atoms with Crippen LogP contribution in [-0.4, -0.2) is 11.1 Å². The minimum absolute atomic E-state index is 0.835. The largest absolute Gasteiger partial charge is 0.336 e. The molecule has 0 aliphatic heterocycles. The van der Waals surface area contributed by atoms with E-state index in [1.54, 1.807) is 0 Å². The number of aromatic nitrogens is 1. The molecule has 0 atom stereocenters. The SMILES string of the molecule is Cn1ccccc1=NCCc1ccccc1. The molecule has 0 aliphatic carbocycles. The Morgan fingerprint density at radius 1 is 1.00 bits per heavy atom. The number of pyridine rings is 1. The summed E-state index contributed by atoms with van der Waals surface area (Å²) in [5, 5.41) is 0. The number of rotatable bonds is 3. The van der Waals surface area contributed by atoms with Crippen LogP contribution in [0.5, 0.6) is 0 Å². The number of hydrogen-bond acceptors (Lipinski definition) is 1. The van der Waals surface area contributed by atoms with Crippen molar-refractivity contribution in [3.63, 3.8) is 0 Å². The minimum Gasteiger partial charge on any atom is -0.336 e. The highest BCUT2D eigenvalue weighted by Crippen LogP contribution is 1.98. The maximum Gasteiger partial charge on any atom is 0.127 e. The zero-order chi connectivity index (χ0) is 11.2. The van der Waals surface area contributed by atoms with Crippen LogP contribution in [0, 0.1) is 0 Å². The fourth-order valence-electron chi connectivity index (χ4n) is 1.62. The second-order valence-electron chi connectivity index (χ2n) is 3.79. The van der Waals surface area contributed by atoms with Gasteiger partial charge in [0.15, 0.2) is 0 Å². The van der Waals surface area contributed by atoms with E-state index >= 15 is 0 Å². The quantitative estimate of drug-likeness (QED) is 0.742. The van der Waals surface area contributed by atoms with E-state index in [9.17, 15) is 0 Å². The summed E-state index contributed by atoms with van der Waals surface area (Å²) in [6, 6.07) is 16.5. The first-order chi connectivity index (χ1) is 7.86. The van der Waals surface area contributed by atoms with Gasteiger partial charge in [0.05, 0.1) is 0 Å². The molecule has 2 aromatic rings. The Hall–Kier alpha value is -1.83. The van der Waals surface area contributed by atoms with Crippen molar-refractivity contribution in [2.45, 2.75) is 6.42 Å². The summed E-state index contributed by atoms with van der Waals surface area (Å²) < 4.78 is 2.03. The summed E-state index contributed by atoms with van der Waals surface area (Å²) in [7, 11) is 2.02. The third kappa shape index (κ3) is 2.83. The molecule has 0 radical (unpaired) electrons. The second-order valence-corrected chi connectivity index (χ2v) is 3.79. The number of aryl methyl sites for hydroxylation is 1. The van der Waals surface area contributed by atoms with Crippen LogP contribution in [0.25, 0.3) is 0 Å². The lowest BCUT2D eigenvalue weighted by atomic mass is 10.2. The molecule has 0 bridgehead atoms. The van der Waals surface area contributed by atoms with Gasteiger partial charge in [-0.25, -0.2) is 0 Å². The molecule has 16 heavy (non-hydrogen) atoms. The van der Waals surface area contributed by atoms with Crippen molar-refractivity contribution < 1.29 is 0 Å². The van der Waals surface area contributed by atoms with Crippen molar-refractivity contribution in [2.24, 2.45) is 12.0 Å². The Labute approximate surface area is 95.9 Å². The maximum atomic E-state index is 4.56. The Morgan fingerprint density at radius 2 is 1.75 bits per heavy atom. The van der Waals surface area contributed by atoms with E-state index in [-0.39, 0.29) is 0 Å². The highest BCUT2D eigenvalue weighted by molar-refractivity contribution is 5.14. The second kappa shape index (κ2) is 5.31. The summed E-state index contributed by atoms with van der Waals surface area (Å²) in [6.45, 7) is 0.835. The Kier molecular flexibility index (Phi) is 3.54. The fourth-order valence-corrected chi connectivity index (χ4v) is 1.62. The van der Waals surface area contributed by atoms with Gasteiger partial charge in [0.25, 0.3) is 0 Å². The highest BCUT2D eigenvalue weighted by Gasteiger charge is 1.89. The summed E-state index contributed by atoms with van der Waals surface area (Å²) in [4.78, 5) is 4.56. The standard InChI is InChI=1S/C14H16N2/c1-16-12-6-5-9-14(16)15-11-10-13-7-3-2-4-8-13/h2-9,12H,10-11H2,1H3. The van der Waals surface area contributed by atoms with Gasteiger partial charge in [-0.15, -0.1) is 0 Å². The molecule has 0 unspecified atom stereocenters. The summed E-state index contributed by atoms with van der Waals surface area (Å²) in [5.74, 6) is 0. The van der Waals surface area contributed by atoms with Crippen LogP contribution in [-0.2, 0) is 13.5 Å². The van der Waals surface area contributed by atoms with Gasteiger partial charge in [0.2, 0.25) is 0 Å². The Balaban J connectivity index is 2.03. The molecule has 2 nitrogen and oxygen atoms in total. The van der Waals surface area contributed by atoms with Crippen LogP contribution in [0.3, 0.4) is 0 Å². The molecule has 1 aromatic heterocycles. The molecule has 0 aliphatic rings. The van der Waals surface area contributed by atoms with Crippen LogP contribution in [0.4, 0.5) is 0 Å². The van der Waals surface area contributed by atoms with Gasteiger partial charge in [-0.1, -0.05) is 36.4 Å². The Morgan fingerprint density at radius 3 is 2.50 bits per heavy atom. The third-order valence-electron chi connectivity index (χ3n) is 2.54. The van der Waals surface area contributed by atoms with Gasteiger partial charge >= 0.3 is 0 Å². The molecule has 1 aromatic carbocycles. The molecule has 0 N–H and O–H groups in total. The van der Waals surface area contributed by atoms with Crippen LogP contribution in [0.2, 0.25) is 0 Å². The Bertz CT molecular complexity index is 497. The molecular formula is C14H16N2. The third-order valence-corrected chi connectivity index (χ3v) is 2.54. The predicted molar refractivity (Wildman–Crippen MR) is 66.0 cm³/mol. The van der Waals surface area contributed by atoms with Crippen molar-refractivity contribution in [2.75, 3.05) is 6.54 Å². The molecule has 0 saturated carbocycles. The van der Waals surface area contributed by atoms with Gasteiger partial charge in [0.1, 0.15) is 5.49 Å². The lowest BCUT2D eigenvalue weighted by molar-refractivity contribution is 0.795.